The molecular formula is C18H22N2O2. The third kappa shape index (κ3) is 5.13. The van der Waals surface area contributed by atoms with E-state index in [1.807, 2.05) is 55.5 Å². The van der Waals surface area contributed by atoms with Gasteiger partial charge in [-0.1, -0.05) is 25.1 Å². The number of carbonyl (C=O) groups is 1. The van der Waals surface area contributed by atoms with Gasteiger partial charge in [0.25, 0.3) is 0 Å². The second-order valence-corrected chi connectivity index (χ2v) is 5.15. The van der Waals surface area contributed by atoms with E-state index in [9.17, 15) is 4.79 Å². The Hall–Kier alpha value is -2.49. The van der Waals surface area contributed by atoms with E-state index in [0.717, 1.165) is 29.1 Å². The summed E-state index contributed by atoms with van der Waals surface area (Å²) in [5, 5.41) is 5.97. The van der Waals surface area contributed by atoms with Gasteiger partial charge < -0.3 is 15.4 Å². The van der Waals surface area contributed by atoms with Crippen LogP contribution in [0.25, 0.3) is 0 Å². The predicted octanol–water partition coefficient (Wildman–Crippen LogP) is 3.83. The van der Waals surface area contributed by atoms with Crippen LogP contribution >= 0.6 is 0 Å². The molecule has 4 nitrogen and oxygen atoms in total. The summed E-state index contributed by atoms with van der Waals surface area (Å²) in [6.07, 6.45) is 0.969. The lowest BCUT2D eigenvalue weighted by Crippen LogP contribution is -2.21. The maximum absolute atomic E-state index is 11.9. The average molecular weight is 298 g/mol. The summed E-state index contributed by atoms with van der Waals surface area (Å²) in [6.45, 7) is 4.97. The fourth-order valence-electron chi connectivity index (χ4n) is 2.03. The molecule has 0 aliphatic rings. The van der Waals surface area contributed by atoms with Gasteiger partial charge in [-0.3, -0.25) is 4.79 Å². The molecule has 2 rings (SSSR count). The number of anilines is 2. The minimum atomic E-state index is -0.0783. The van der Waals surface area contributed by atoms with Crippen molar-refractivity contribution in [2.45, 2.75) is 20.3 Å². The number of hydrogen-bond acceptors (Lipinski definition) is 3. The highest BCUT2D eigenvalue weighted by Gasteiger charge is 2.03. The van der Waals surface area contributed by atoms with Gasteiger partial charge in [0, 0.05) is 17.4 Å². The van der Waals surface area contributed by atoms with Gasteiger partial charge in [0.15, 0.2) is 0 Å². The van der Waals surface area contributed by atoms with Gasteiger partial charge in [-0.05, 0) is 43.2 Å². The zero-order valence-electron chi connectivity index (χ0n) is 13.1. The van der Waals surface area contributed by atoms with Gasteiger partial charge in [-0.2, -0.15) is 0 Å². The minimum Gasteiger partial charge on any atom is -0.494 e. The van der Waals surface area contributed by atoms with Crippen molar-refractivity contribution >= 4 is 17.3 Å². The van der Waals surface area contributed by atoms with E-state index in [1.165, 1.54) is 0 Å². The summed E-state index contributed by atoms with van der Waals surface area (Å²) >= 11 is 0. The molecule has 0 aromatic heterocycles. The van der Waals surface area contributed by atoms with Crippen molar-refractivity contribution in [1.29, 1.82) is 0 Å². The van der Waals surface area contributed by atoms with Crippen LogP contribution in [0.15, 0.2) is 48.5 Å². The first-order chi connectivity index (χ1) is 10.7. The maximum Gasteiger partial charge on any atom is 0.243 e. The zero-order chi connectivity index (χ0) is 15.8. The van der Waals surface area contributed by atoms with E-state index in [0.29, 0.717) is 6.61 Å². The lowest BCUT2D eigenvalue weighted by molar-refractivity contribution is -0.114. The standard InChI is InChI=1S/C18H22N2O2/c1-3-10-22-17-9-5-7-15(12-17)19-13-18(21)20-16-8-4-6-14(2)11-16/h4-9,11-12,19H,3,10,13H2,1-2H3,(H,20,21). The molecular weight excluding hydrogens is 276 g/mol. The summed E-state index contributed by atoms with van der Waals surface area (Å²) < 4.78 is 5.57. The van der Waals surface area contributed by atoms with Crippen molar-refractivity contribution in [2.24, 2.45) is 0 Å². The molecule has 0 aliphatic heterocycles. The number of amides is 1. The van der Waals surface area contributed by atoms with Crippen molar-refractivity contribution in [3.63, 3.8) is 0 Å². The van der Waals surface area contributed by atoms with Crippen molar-refractivity contribution in [3.05, 3.63) is 54.1 Å². The van der Waals surface area contributed by atoms with Crippen LogP contribution in [-0.2, 0) is 4.79 Å². The second-order valence-electron chi connectivity index (χ2n) is 5.15. The monoisotopic (exact) mass is 298 g/mol. The van der Waals surface area contributed by atoms with Crippen LogP contribution in [0.4, 0.5) is 11.4 Å². The molecule has 0 fully saturated rings. The smallest absolute Gasteiger partial charge is 0.243 e. The van der Waals surface area contributed by atoms with Crippen LogP contribution in [0.3, 0.4) is 0 Å². The van der Waals surface area contributed by atoms with Crippen LogP contribution in [0, 0.1) is 6.92 Å². The molecule has 116 valence electrons. The first kappa shape index (κ1) is 15.9. The van der Waals surface area contributed by atoms with Crippen LogP contribution in [0.2, 0.25) is 0 Å². The first-order valence-electron chi connectivity index (χ1n) is 7.50. The molecule has 0 atom stereocenters. The number of carbonyl (C=O) groups excluding carboxylic acids is 1. The number of benzene rings is 2. The summed E-state index contributed by atoms with van der Waals surface area (Å²) in [7, 11) is 0. The summed E-state index contributed by atoms with van der Waals surface area (Å²) in [5.74, 6) is 0.733. The zero-order valence-corrected chi connectivity index (χ0v) is 13.1. The van der Waals surface area contributed by atoms with E-state index < -0.39 is 0 Å². The van der Waals surface area contributed by atoms with Gasteiger partial charge >= 0.3 is 0 Å². The van der Waals surface area contributed by atoms with Crippen molar-refractivity contribution in [2.75, 3.05) is 23.8 Å². The minimum absolute atomic E-state index is 0.0783. The van der Waals surface area contributed by atoms with E-state index >= 15 is 0 Å². The lowest BCUT2D eigenvalue weighted by atomic mass is 10.2. The number of nitrogens with one attached hydrogen (secondary N) is 2. The van der Waals surface area contributed by atoms with E-state index in [1.54, 1.807) is 0 Å². The molecule has 0 saturated carbocycles. The third-order valence-corrected chi connectivity index (χ3v) is 3.06. The molecule has 0 unspecified atom stereocenters. The Morgan fingerprint density at radius 1 is 1.09 bits per heavy atom. The Labute approximate surface area is 131 Å². The Kier molecular flexibility index (Phi) is 5.83. The van der Waals surface area contributed by atoms with Gasteiger partial charge in [-0.25, -0.2) is 0 Å². The SMILES string of the molecule is CCCOc1cccc(NCC(=O)Nc2cccc(C)c2)c1. The highest BCUT2D eigenvalue weighted by molar-refractivity contribution is 5.93. The molecule has 0 aliphatic carbocycles. The van der Waals surface area contributed by atoms with Crippen LogP contribution in [-0.4, -0.2) is 19.1 Å². The predicted molar refractivity (Wildman–Crippen MR) is 90.5 cm³/mol. The maximum atomic E-state index is 11.9. The lowest BCUT2D eigenvalue weighted by Gasteiger charge is -2.10. The molecule has 2 N–H and O–H groups in total. The topological polar surface area (TPSA) is 50.4 Å². The van der Waals surface area contributed by atoms with Crippen LogP contribution < -0.4 is 15.4 Å². The third-order valence-electron chi connectivity index (χ3n) is 3.06. The Morgan fingerprint density at radius 3 is 2.64 bits per heavy atom. The highest BCUT2D eigenvalue weighted by Crippen LogP contribution is 2.17. The Morgan fingerprint density at radius 2 is 1.86 bits per heavy atom. The van der Waals surface area contributed by atoms with Crippen LogP contribution in [0.1, 0.15) is 18.9 Å². The quantitative estimate of drug-likeness (QED) is 0.816. The first-order valence-corrected chi connectivity index (χ1v) is 7.50. The van der Waals surface area contributed by atoms with Gasteiger partial charge in [0.05, 0.1) is 13.2 Å². The van der Waals surface area contributed by atoms with Gasteiger partial charge in [0.2, 0.25) is 5.91 Å². The summed E-state index contributed by atoms with van der Waals surface area (Å²) in [4.78, 5) is 11.9. The van der Waals surface area contributed by atoms with Crippen molar-refractivity contribution in [3.8, 4) is 5.75 Å². The molecule has 0 radical (unpaired) electrons. The molecule has 0 saturated heterocycles. The number of aryl methyl sites for hydroxylation is 1. The van der Waals surface area contributed by atoms with E-state index in [-0.39, 0.29) is 12.5 Å². The summed E-state index contributed by atoms with van der Waals surface area (Å²) in [6, 6.07) is 15.4. The Balaban J connectivity index is 1.85. The number of hydrogen-bond donors (Lipinski definition) is 2. The largest absolute Gasteiger partial charge is 0.494 e. The molecule has 0 spiro atoms. The van der Waals surface area contributed by atoms with Crippen molar-refractivity contribution in [1.82, 2.24) is 0 Å². The summed E-state index contributed by atoms with van der Waals surface area (Å²) in [5.41, 5.74) is 2.80. The second kappa shape index (κ2) is 8.08. The van der Waals surface area contributed by atoms with Gasteiger partial charge in [0.1, 0.15) is 5.75 Å². The van der Waals surface area contributed by atoms with Gasteiger partial charge in [-0.15, -0.1) is 0 Å². The molecule has 2 aromatic rings. The average Bonchev–Trinajstić information content (AvgIpc) is 2.51. The van der Waals surface area contributed by atoms with E-state index in [2.05, 4.69) is 17.6 Å². The van der Waals surface area contributed by atoms with Crippen LogP contribution in [0.5, 0.6) is 5.75 Å². The number of ether oxygens (including phenoxy) is 1. The number of rotatable bonds is 7. The molecule has 0 bridgehead atoms. The van der Waals surface area contributed by atoms with E-state index in [4.69, 9.17) is 4.74 Å². The Bertz CT molecular complexity index is 626. The molecule has 2 aromatic carbocycles. The molecule has 22 heavy (non-hydrogen) atoms. The normalized spacial score (nSPS) is 10.1. The fourth-order valence-corrected chi connectivity index (χ4v) is 2.03. The molecule has 0 heterocycles. The highest BCUT2D eigenvalue weighted by atomic mass is 16.5. The molecule has 4 heteroatoms. The van der Waals surface area contributed by atoms with Crippen molar-refractivity contribution < 1.29 is 9.53 Å². The molecule has 1 amide bonds. The fraction of sp³-hybridized carbons (Fsp3) is 0.278.